The summed E-state index contributed by atoms with van der Waals surface area (Å²) in [6, 6.07) is 0. The largest absolute Gasteiger partial charge is 0.391 e. The van der Waals surface area contributed by atoms with Crippen molar-refractivity contribution in [3.8, 4) is 0 Å². The molecule has 0 unspecified atom stereocenters. The van der Waals surface area contributed by atoms with Crippen LogP contribution in [0.4, 0.5) is 5.82 Å². The van der Waals surface area contributed by atoms with Crippen molar-refractivity contribution in [1.82, 2.24) is 24.4 Å². The highest BCUT2D eigenvalue weighted by Crippen LogP contribution is 2.36. The van der Waals surface area contributed by atoms with Crippen LogP contribution in [0.15, 0.2) is 12.7 Å². The summed E-state index contributed by atoms with van der Waals surface area (Å²) in [7, 11) is 0. The zero-order valence-electron chi connectivity index (χ0n) is 12.6. The second kappa shape index (κ2) is 5.48. The number of β-amino-alcohol motifs (C(OH)–C–C–N with tert-alkyl or cyclic N) is 1. The van der Waals surface area contributed by atoms with E-state index in [9.17, 15) is 5.11 Å². The molecule has 0 aromatic carbocycles. The quantitative estimate of drug-likeness (QED) is 0.873. The van der Waals surface area contributed by atoms with Crippen molar-refractivity contribution in [3.05, 3.63) is 12.7 Å². The highest BCUT2D eigenvalue weighted by atomic mass is 16.3. The Morgan fingerprint density at radius 3 is 2.82 bits per heavy atom. The van der Waals surface area contributed by atoms with Gasteiger partial charge in [-0.1, -0.05) is 25.7 Å². The molecule has 118 valence electrons. The van der Waals surface area contributed by atoms with Gasteiger partial charge in [0.15, 0.2) is 11.5 Å². The molecule has 1 aliphatic carbocycles. The molecule has 0 spiro atoms. The van der Waals surface area contributed by atoms with Crippen LogP contribution in [-0.2, 0) is 6.67 Å². The van der Waals surface area contributed by atoms with E-state index in [1.165, 1.54) is 32.0 Å². The summed E-state index contributed by atoms with van der Waals surface area (Å²) in [5.41, 5.74) is 7.23. The number of likely N-dealkylation sites (tertiary alicyclic amines) is 1. The minimum absolute atomic E-state index is 0.211. The second-order valence-electron chi connectivity index (χ2n) is 6.60. The van der Waals surface area contributed by atoms with Gasteiger partial charge in [-0.05, 0) is 5.92 Å². The summed E-state index contributed by atoms with van der Waals surface area (Å²) < 4.78 is 1.98. The molecule has 7 nitrogen and oxygen atoms in total. The van der Waals surface area contributed by atoms with Gasteiger partial charge in [0.1, 0.15) is 11.8 Å². The molecule has 2 aliphatic rings. The lowest BCUT2D eigenvalue weighted by Crippen LogP contribution is -2.25. The Balaban J connectivity index is 1.50. The monoisotopic (exact) mass is 302 g/mol. The van der Waals surface area contributed by atoms with Crippen molar-refractivity contribution in [1.29, 1.82) is 0 Å². The minimum Gasteiger partial charge on any atom is -0.391 e. The molecule has 0 amide bonds. The number of aliphatic hydroxyl groups excluding tert-OH is 1. The highest BCUT2D eigenvalue weighted by Gasteiger charge is 2.37. The zero-order chi connectivity index (χ0) is 15.1. The third kappa shape index (κ3) is 2.34. The Labute approximate surface area is 129 Å². The molecule has 7 heteroatoms. The molecule has 2 fully saturated rings. The van der Waals surface area contributed by atoms with E-state index in [0.29, 0.717) is 29.8 Å². The summed E-state index contributed by atoms with van der Waals surface area (Å²) in [4.78, 5) is 14.8. The Kier molecular flexibility index (Phi) is 3.46. The smallest absolute Gasteiger partial charge is 0.166 e. The van der Waals surface area contributed by atoms with Crippen molar-refractivity contribution in [2.45, 2.75) is 38.5 Å². The van der Waals surface area contributed by atoms with Crippen LogP contribution in [0.5, 0.6) is 0 Å². The Bertz CT molecular complexity index is 665. The average molecular weight is 302 g/mol. The maximum Gasteiger partial charge on any atom is 0.166 e. The first kappa shape index (κ1) is 13.9. The van der Waals surface area contributed by atoms with E-state index in [4.69, 9.17) is 5.73 Å². The summed E-state index contributed by atoms with van der Waals surface area (Å²) >= 11 is 0. The number of aliphatic hydroxyl groups is 1. The number of imidazole rings is 1. The van der Waals surface area contributed by atoms with Gasteiger partial charge in [-0.15, -0.1) is 0 Å². The van der Waals surface area contributed by atoms with Crippen molar-refractivity contribution >= 4 is 17.0 Å². The Hall–Kier alpha value is -1.73. The SMILES string of the molecule is Nc1ncnc2c1ncn2CN1C[C@H](C2CCCC2)[C@@H](O)C1. The molecule has 4 rings (SSSR count). The van der Waals surface area contributed by atoms with Crippen LogP contribution >= 0.6 is 0 Å². The molecule has 2 aromatic heterocycles. The lowest BCUT2D eigenvalue weighted by Gasteiger charge is -2.21. The summed E-state index contributed by atoms with van der Waals surface area (Å²) in [6.45, 7) is 2.36. The fourth-order valence-corrected chi connectivity index (χ4v) is 4.08. The molecular weight excluding hydrogens is 280 g/mol. The van der Waals surface area contributed by atoms with Gasteiger partial charge in [-0.2, -0.15) is 0 Å². The number of anilines is 1. The lowest BCUT2D eigenvalue weighted by atomic mass is 9.88. The van der Waals surface area contributed by atoms with Crippen molar-refractivity contribution in [2.24, 2.45) is 11.8 Å². The number of hydrogen-bond acceptors (Lipinski definition) is 6. The first-order valence-corrected chi connectivity index (χ1v) is 8.04. The lowest BCUT2D eigenvalue weighted by molar-refractivity contribution is 0.112. The molecule has 3 N–H and O–H groups in total. The first-order chi connectivity index (χ1) is 10.7. The number of hydrogen-bond donors (Lipinski definition) is 2. The van der Waals surface area contributed by atoms with E-state index >= 15 is 0 Å². The summed E-state index contributed by atoms with van der Waals surface area (Å²) in [6.07, 6.45) is 8.19. The van der Waals surface area contributed by atoms with Gasteiger partial charge in [-0.3, -0.25) is 4.90 Å². The van der Waals surface area contributed by atoms with Gasteiger partial charge in [-0.25, -0.2) is 15.0 Å². The Morgan fingerprint density at radius 2 is 2.00 bits per heavy atom. The van der Waals surface area contributed by atoms with Gasteiger partial charge in [0.25, 0.3) is 0 Å². The van der Waals surface area contributed by atoms with Crippen LogP contribution in [-0.4, -0.2) is 48.7 Å². The molecule has 2 atom stereocenters. The van der Waals surface area contributed by atoms with E-state index in [1.54, 1.807) is 6.33 Å². The molecule has 3 heterocycles. The molecule has 22 heavy (non-hydrogen) atoms. The molecular formula is C15H22N6O. The van der Waals surface area contributed by atoms with Gasteiger partial charge in [0, 0.05) is 19.0 Å². The predicted octanol–water partition coefficient (Wildman–Crippen LogP) is 0.849. The molecule has 2 aromatic rings. The van der Waals surface area contributed by atoms with Crippen LogP contribution < -0.4 is 5.73 Å². The van der Waals surface area contributed by atoms with E-state index < -0.39 is 0 Å². The number of nitrogen functional groups attached to an aromatic ring is 1. The number of nitrogens with zero attached hydrogens (tertiary/aromatic N) is 5. The van der Waals surface area contributed by atoms with E-state index in [-0.39, 0.29) is 6.10 Å². The number of rotatable bonds is 3. The average Bonchev–Trinajstić information content (AvgIpc) is 3.20. The van der Waals surface area contributed by atoms with Crippen LogP contribution in [0.25, 0.3) is 11.2 Å². The van der Waals surface area contributed by atoms with Gasteiger partial charge < -0.3 is 15.4 Å². The molecule has 1 saturated heterocycles. The first-order valence-electron chi connectivity index (χ1n) is 8.04. The van der Waals surface area contributed by atoms with E-state index in [0.717, 1.165) is 18.7 Å². The fourth-order valence-electron chi connectivity index (χ4n) is 4.08. The molecule has 1 saturated carbocycles. The van der Waals surface area contributed by atoms with E-state index in [1.807, 2.05) is 4.57 Å². The maximum absolute atomic E-state index is 10.4. The molecule has 1 aliphatic heterocycles. The molecule has 0 bridgehead atoms. The third-order valence-corrected chi connectivity index (χ3v) is 5.20. The summed E-state index contributed by atoms with van der Waals surface area (Å²) in [5.74, 6) is 1.52. The van der Waals surface area contributed by atoms with Crippen LogP contribution in [0.1, 0.15) is 25.7 Å². The van der Waals surface area contributed by atoms with Gasteiger partial charge in [0.05, 0.1) is 19.1 Å². The topological polar surface area (TPSA) is 93.1 Å². The highest BCUT2D eigenvalue weighted by molar-refractivity contribution is 5.80. The normalized spacial score (nSPS) is 27.1. The second-order valence-corrected chi connectivity index (χ2v) is 6.60. The standard InChI is InChI=1S/C15H22N6O/c16-14-13-15(18-7-17-14)21(8-19-13)9-20-5-11(12(22)6-20)10-3-1-2-4-10/h7-8,10-12,22H,1-6,9H2,(H2,16,17,18)/t11-,12+/m1/s1. The van der Waals surface area contributed by atoms with Crippen LogP contribution in [0, 0.1) is 11.8 Å². The minimum atomic E-state index is -0.211. The summed E-state index contributed by atoms with van der Waals surface area (Å²) in [5, 5.41) is 10.4. The number of aromatic nitrogens is 4. The fraction of sp³-hybridized carbons (Fsp3) is 0.667. The van der Waals surface area contributed by atoms with Crippen LogP contribution in [0.3, 0.4) is 0 Å². The van der Waals surface area contributed by atoms with E-state index in [2.05, 4.69) is 19.9 Å². The number of fused-ring (bicyclic) bond motifs is 1. The zero-order valence-corrected chi connectivity index (χ0v) is 12.6. The van der Waals surface area contributed by atoms with Crippen LogP contribution in [0.2, 0.25) is 0 Å². The van der Waals surface area contributed by atoms with Gasteiger partial charge >= 0.3 is 0 Å². The molecule has 0 radical (unpaired) electrons. The Morgan fingerprint density at radius 1 is 1.18 bits per heavy atom. The van der Waals surface area contributed by atoms with Gasteiger partial charge in [0.2, 0.25) is 0 Å². The predicted molar refractivity (Wildman–Crippen MR) is 82.8 cm³/mol. The van der Waals surface area contributed by atoms with Crippen molar-refractivity contribution < 1.29 is 5.11 Å². The number of nitrogens with two attached hydrogens (primary N) is 1. The third-order valence-electron chi connectivity index (χ3n) is 5.20. The maximum atomic E-state index is 10.4. The van der Waals surface area contributed by atoms with Crippen molar-refractivity contribution in [2.75, 3.05) is 18.8 Å². The van der Waals surface area contributed by atoms with Crippen molar-refractivity contribution in [3.63, 3.8) is 0 Å².